The third-order valence-electron chi connectivity index (χ3n) is 3.50. The number of methoxy groups -OCH3 is 1. The second kappa shape index (κ2) is 2.46. The Bertz CT molecular complexity index is 148. The van der Waals surface area contributed by atoms with Crippen LogP contribution in [0.25, 0.3) is 0 Å². The summed E-state index contributed by atoms with van der Waals surface area (Å²) in [5.74, 6) is 0.576. The van der Waals surface area contributed by atoms with E-state index in [2.05, 4.69) is 0 Å². The molecular formula is C9H16O2. The molecule has 3 aliphatic carbocycles. The van der Waals surface area contributed by atoms with Gasteiger partial charge >= 0.3 is 0 Å². The highest BCUT2D eigenvalue weighted by molar-refractivity contribution is 4.97. The first-order valence-electron chi connectivity index (χ1n) is 4.49. The molecule has 0 aromatic rings. The molecule has 1 atom stereocenters. The Morgan fingerprint density at radius 2 is 2.00 bits per heavy atom. The van der Waals surface area contributed by atoms with Crippen LogP contribution in [0.2, 0.25) is 0 Å². The average molecular weight is 156 g/mol. The van der Waals surface area contributed by atoms with Gasteiger partial charge in [-0.25, -0.2) is 0 Å². The first-order valence-corrected chi connectivity index (χ1v) is 4.49. The predicted octanol–water partition coefficient (Wildman–Crippen LogP) is 1.33. The first kappa shape index (κ1) is 7.56. The van der Waals surface area contributed by atoms with Crippen molar-refractivity contribution in [2.45, 2.75) is 43.8 Å². The summed E-state index contributed by atoms with van der Waals surface area (Å²) in [4.78, 5) is 0. The Morgan fingerprint density at radius 1 is 1.36 bits per heavy atom. The van der Waals surface area contributed by atoms with Crippen molar-refractivity contribution in [3.8, 4) is 0 Å². The Balaban J connectivity index is 2.12. The van der Waals surface area contributed by atoms with Gasteiger partial charge in [0.25, 0.3) is 0 Å². The summed E-state index contributed by atoms with van der Waals surface area (Å²) in [6, 6.07) is 0. The molecule has 2 heteroatoms. The summed E-state index contributed by atoms with van der Waals surface area (Å²) >= 11 is 0. The van der Waals surface area contributed by atoms with Crippen LogP contribution < -0.4 is 0 Å². The maximum absolute atomic E-state index is 9.62. The van der Waals surface area contributed by atoms with Crippen molar-refractivity contribution >= 4 is 0 Å². The van der Waals surface area contributed by atoms with Crippen molar-refractivity contribution in [2.24, 2.45) is 5.92 Å². The lowest BCUT2D eigenvalue weighted by Gasteiger charge is -2.48. The van der Waals surface area contributed by atoms with E-state index in [0.717, 1.165) is 32.1 Å². The summed E-state index contributed by atoms with van der Waals surface area (Å²) < 4.78 is 5.48. The summed E-state index contributed by atoms with van der Waals surface area (Å²) in [6.45, 7) is 0. The number of aliphatic hydroxyl groups excluding tert-OH is 1. The number of ether oxygens (including phenoxy) is 1. The molecule has 2 nitrogen and oxygen atoms in total. The molecule has 0 heterocycles. The van der Waals surface area contributed by atoms with E-state index in [1.54, 1.807) is 7.11 Å². The van der Waals surface area contributed by atoms with E-state index in [9.17, 15) is 5.11 Å². The molecule has 1 unspecified atom stereocenters. The standard InChI is InChI=1S/C9H16O2/c1-11-9-4-2-7(3-5-9)8(10)6-9/h7-8,10H,2-6H2,1H3. The van der Waals surface area contributed by atoms with Crippen molar-refractivity contribution in [3.63, 3.8) is 0 Å². The zero-order valence-corrected chi connectivity index (χ0v) is 7.05. The van der Waals surface area contributed by atoms with Crippen molar-refractivity contribution in [3.05, 3.63) is 0 Å². The molecule has 1 N–H and O–H groups in total. The molecule has 64 valence electrons. The number of fused-ring (bicyclic) bond motifs is 3. The molecule has 0 amide bonds. The molecule has 3 rings (SSSR count). The SMILES string of the molecule is COC12CCC(CC1)C(O)C2. The van der Waals surface area contributed by atoms with E-state index >= 15 is 0 Å². The van der Waals surface area contributed by atoms with Crippen LogP contribution >= 0.6 is 0 Å². The molecule has 0 aromatic carbocycles. The minimum absolute atomic E-state index is 0.0498. The number of hydrogen-bond donors (Lipinski definition) is 1. The largest absolute Gasteiger partial charge is 0.393 e. The summed E-state index contributed by atoms with van der Waals surface area (Å²) in [6.07, 6.45) is 5.42. The maximum Gasteiger partial charge on any atom is 0.0703 e. The van der Waals surface area contributed by atoms with Crippen LogP contribution in [0.1, 0.15) is 32.1 Å². The van der Waals surface area contributed by atoms with Crippen LogP contribution in [0.15, 0.2) is 0 Å². The molecule has 3 fully saturated rings. The normalized spacial score (nSPS) is 49.6. The molecule has 0 radical (unpaired) electrons. The maximum atomic E-state index is 9.62. The van der Waals surface area contributed by atoms with E-state index in [4.69, 9.17) is 4.74 Å². The number of aliphatic hydroxyl groups is 1. The fourth-order valence-electron chi connectivity index (χ4n) is 2.59. The molecule has 3 aliphatic rings. The topological polar surface area (TPSA) is 29.5 Å². The highest BCUT2D eigenvalue weighted by Crippen LogP contribution is 2.45. The van der Waals surface area contributed by atoms with Crippen molar-refractivity contribution in [2.75, 3.05) is 7.11 Å². The monoisotopic (exact) mass is 156 g/mol. The Kier molecular flexibility index (Phi) is 1.69. The van der Waals surface area contributed by atoms with Crippen LogP contribution in [-0.2, 0) is 4.74 Å². The smallest absolute Gasteiger partial charge is 0.0703 e. The Morgan fingerprint density at radius 3 is 2.36 bits per heavy atom. The highest BCUT2D eigenvalue weighted by Gasteiger charge is 2.45. The Labute approximate surface area is 67.6 Å². The zero-order valence-electron chi connectivity index (χ0n) is 7.05. The number of rotatable bonds is 1. The van der Waals surface area contributed by atoms with Gasteiger partial charge in [-0.2, -0.15) is 0 Å². The van der Waals surface area contributed by atoms with E-state index in [0.29, 0.717) is 5.92 Å². The van der Waals surface area contributed by atoms with Crippen molar-refractivity contribution in [1.82, 2.24) is 0 Å². The van der Waals surface area contributed by atoms with Crippen LogP contribution in [0, 0.1) is 5.92 Å². The first-order chi connectivity index (χ1) is 5.26. The van der Waals surface area contributed by atoms with Gasteiger partial charge < -0.3 is 9.84 Å². The van der Waals surface area contributed by atoms with Gasteiger partial charge in [0.2, 0.25) is 0 Å². The van der Waals surface area contributed by atoms with Gasteiger partial charge in [0.15, 0.2) is 0 Å². The Hall–Kier alpha value is -0.0800. The third kappa shape index (κ3) is 1.09. The molecule has 0 saturated heterocycles. The molecular weight excluding hydrogens is 140 g/mol. The predicted molar refractivity (Wildman–Crippen MR) is 42.3 cm³/mol. The lowest BCUT2D eigenvalue weighted by molar-refractivity contribution is -0.134. The summed E-state index contributed by atoms with van der Waals surface area (Å²) in [7, 11) is 1.78. The van der Waals surface area contributed by atoms with Crippen LogP contribution in [0.3, 0.4) is 0 Å². The molecule has 0 spiro atoms. The minimum atomic E-state index is -0.0857. The lowest BCUT2D eigenvalue weighted by Crippen LogP contribution is -2.48. The summed E-state index contributed by atoms with van der Waals surface area (Å²) in [5, 5.41) is 9.62. The van der Waals surface area contributed by atoms with Crippen LogP contribution in [0.4, 0.5) is 0 Å². The molecule has 11 heavy (non-hydrogen) atoms. The van der Waals surface area contributed by atoms with Gasteiger partial charge in [-0.3, -0.25) is 0 Å². The van der Waals surface area contributed by atoms with E-state index < -0.39 is 0 Å². The van der Waals surface area contributed by atoms with Crippen molar-refractivity contribution in [1.29, 1.82) is 0 Å². The second-order valence-corrected chi connectivity index (χ2v) is 4.00. The minimum Gasteiger partial charge on any atom is -0.393 e. The average Bonchev–Trinajstić information content (AvgIpc) is 2.06. The van der Waals surface area contributed by atoms with Gasteiger partial charge in [-0.1, -0.05) is 0 Å². The zero-order chi connectivity index (χ0) is 7.90. The van der Waals surface area contributed by atoms with Gasteiger partial charge in [0.1, 0.15) is 0 Å². The molecule has 0 aromatic heterocycles. The van der Waals surface area contributed by atoms with E-state index in [-0.39, 0.29) is 11.7 Å². The lowest BCUT2D eigenvalue weighted by atomic mass is 9.66. The van der Waals surface area contributed by atoms with Crippen LogP contribution in [0.5, 0.6) is 0 Å². The van der Waals surface area contributed by atoms with Crippen molar-refractivity contribution < 1.29 is 9.84 Å². The highest BCUT2D eigenvalue weighted by atomic mass is 16.5. The van der Waals surface area contributed by atoms with Gasteiger partial charge in [-0.05, 0) is 31.6 Å². The molecule has 2 bridgehead atoms. The van der Waals surface area contributed by atoms with Crippen LogP contribution in [-0.4, -0.2) is 23.9 Å². The summed E-state index contributed by atoms with van der Waals surface area (Å²) in [5.41, 5.74) is 0.0498. The third-order valence-corrected chi connectivity index (χ3v) is 3.50. The second-order valence-electron chi connectivity index (χ2n) is 4.00. The van der Waals surface area contributed by atoms with E-state index in [1.807, 2.05) is 0 Å². The quantitative estimate of drug-likeness (QED) is 0.620. The molecule has 0 aliphatic heterocycles. The van der Waals surface area contributed by atoms with Gasteiger partial charge in [0.05, 0.1) is 11.7 Å². The van der Waals surface area contributed by atoms with E-state index in [1.165, 1.54) is 0 Å². The van der Waals surface area contributed by atoms with Gasteiger partial charge in [-0.15, -0.1) is 0 Å². The fraction of sp³-hybridized carbons (Fsp3) is 1.00. The number of hydrogen-bond acceptors (Lipinski definition) is 2. The molecule has 3 saturated carbocycles. The van der Waals surface area contributed by atoms with Gasteiger partial charge in [0, 0.05) is 13.5 Å². The fourth-order valence-corrected chi connectivity index (χ4v) is 2.59.